The lowest BCUT2D eigenvalue weighted by Crippen LogP contribution is -1.97. The van der Waals surface area contributed by atoms with Crippen LogP contribution in [-0.2, 0) is 0 Å². The molecule has 0 spiro atoms. The van der Waals surface area contributed by atoms with E-state index in [9.17, 15) is 4.79 Å². The molecule has 0 heterocycles. The molecular weight excluding hydrogens is 294 g/mol. The predicted molar refractivity (Wildman–Crippen MR) is 92.7 cm³/mol. The Hall–Kier alpha value is -2.82. The molecule has 0 aromatic heterocycles. The summed E-state index contributed by atoms with van der Waals surface area (Å²) in [5.41, 5.74) is 0.218. The lowest BCUT2D eigenvalue weighted by molar-refractivity contribution is 0.288. The molecule has 0 unspecified atom stereocenters. The van der Waals surface area contributed by atoms with Crippen LogP contribution in [0.2, 0.25) is 0 Å². The summed E-state index contributed by atoms with van der Waals surface area (Å²) in [6.07, 6.45) is 0. The van der Waals surface area contributed by atoms with Crippen molar-refractivity contribution in [3.05, 3.63) is 58.8 Å². The number of nitrogens with zero attached hydrogens (tertiary/aromatic N) is 1. The topological polar surface area (TPSA) is 68.1 Å². The molecule has 0 aliphatic carbocycles. The van der Waals surface area contributed by atoms with E-state index in [0.717, 1.165) is 22.3 Å². The summed E-state index contributed by atoms with van der Waals surface area (Å²) in [7, 11) is 0. The lowest BCUT2D eigenvalue weighted by atomic mass is 10.3. The van der Waals surface area contributed by atoms with E-state index in [1.165, 1.54) is 0 Å². The third-order valence-electron chi connectivity index (χ3n) is 2.80. The first-order valence-corrected chi connectivity index (χ1v) is 7.27. The lowest BCUT2D eigenvalue weighted by Gasteiger charge is -2.09. The molecule has 0 radical (unpaired) electrons. The van der Waals surface area contributed by atoms with Crippen molar-refractivity contribution in [3.8, 4) is 11.5 Å². The monoisotopic (exact) mass is 315 g/mol. The minimum absolute atomic E-state index is 0.218. The molecule has 23 heavy (non-hydrogen) atoms. The van der Waals surface area contributed by atoms with E-state index in [-0.39, 0.29) is 5.43 Å². The summed E-state index contributed by atoms with van der Waals surface area (Å²) in [5.74, 6) is 1.64. The Bertz CT molecular complexity index is 673. The molecule has 3 aromatic carbocycles. The molecule has 122 valence electrons. The Labute approximate surface area is 135 Å². The number of para-hydroxylation sites is 2. The largest absolute Gasteiger partial charge is 0.490 e. The van der Waals surface area contributed by atoms with Gasteiger partial charge in [0.2, 0.25) is 0 Å². The van der Waals surface area contributed by atoms with Crippen LogP contribution in [-0.4, -0.2) is 25.1 Å². The zero-order chi connectivity index (χ0) is 17.1. The number of fused-ring (bicyclic) bond motifs is 1. The van der Waals surface area contributed by atoms with Gasteiger partial charge in [0.15, 0.2) is 16.9 Å². The highest BCUT2D eigenvalue weighted by Gasteiger charge is 2.07. The second kappa shape index (κ2) is 10.00. The van der Waals surface area contributed by atoms with Gasteiger partial charge in [-0.05, 0) is 26.0 Å². The van der Waals surface area contributed by atoms with Crippen molar-refractivity contribution in [1.82, 2.24) is 0 Å². The first-order valence-electron chi connectivity index (χ1n) is 7.27. The summed E-state index contributed by atoms with van der Waals surface area (Å²) in [6, 6.07) is 15.1. The van der Waals surface area contributed by atoms with E-state index in [4.69, 9.17) is 14.7 Å². The van der Waals surface area contributed by atoms with Gasteiger partial charge < -0.3 is 14.7 Å². The highest BCUT2D eigenvalue weighted by atomic mass is 16.5. The Morgan fingerprint density at radius 2 is 1.26 bits per heavy atom. The highest BCUT2D eigenvalue weighted by molar-refractivity contribution is 5.96. The van der Waals surface area contributed by atoms with Crippen LogP contribution in [0.4, 0.5) is 0 Å². The van der Waals surface area contributed by atoms with Gasteiger partial charge in [0.05, 0.1) is 13.2 Å². The SMILES string of the molecule is C=NO.CCOc1ccccc1OCC.O=c1c2ccccc12. The van der Waals surface area contributed by atoms with Gasteiger partial charge in [0.1, 0.15) is 0 Å². The molecule has 0 aliphatic rings. The van der Waals surface area contributed by atoms with Gasteiger partial charge in [-0.2, -0.15) is 0 Å². The second-order valence-corrected chi connectivity index (χ2v) is 4.33. The normalized spacial score (nSPS) is 9.30. The number of hydrogen-bond donors (Lipinski definition) is 1. The van der Waals surface area contributed by atoms with Crippen LogP contribution in [0.1, 0.15) is 13.8 Å². The summed E-state index contributed by atoms with van der Waals surface area (Å²) in [6.45, 7) is 7.93. The first-order chi connectivity index (χ1) is 11.2. The van der Waals surface area contributed by atoms with Gasteiger partial charge in [0, 0.05) is 17.5 Å². The van der Waals surface area contributed by atoms with E-state index in [2.05, 4.69) is 11.9 Å². The summed E-state index contributed by atoms with van der Waals surface area (Å²) in [4.78, 5) is 10.5. The minimum atomic E-state index is 0.218. The number of benzene rings is 2. The van der Waals surface area contributed by atoms with Crippen LogP contribution in [0.15, 0.2) is 58.5 Å². The average Bonchev–Trinajstić information content (AvgIpc) is 3.22. The van der Waals surface area contributed by atoms with Gasteiger partial charge in [-0.15, -0.1) is 5.16 Å². The average molecular weight is 315 g/mol. The molecule has 1 N–H and O–H groups in total. The zero-order valence-electron chi connectivity index (χ0n) is 13.4. The van der Waals surface area contributed by atoms with Gasteiger partial charge in [-0.1, -0.05) is 36.4 Å². The number of hydrogen-bond acceptors (Lipinski definition) is 5. The first kappa shape index (κ1) is 18.2. The fourth-order valence-corrected chi connectivity index (χ4v) is 1.83. The molecular formula is C18H21NO4. The van der Waals surface area contributed by atoms with Gasteiger partial charge >= 0.3 is 0 Å². The van der Waals surface area contributed by atoms with Crippen molar-refractivity contribution in [3.63, 3.8) is 0 Å². The molecule has 5 nitrogen and oxygen atoms in total. The van der Waals surface area contributed by atoms with Crippen LogP contribution in [0, 0.1) is 0 Å². The summed E-state index contributed by atoms with van der Waals surface area (Å²) >= 11 is 0. The Morgan fingerprint density at radius 3 is 1.57 bits per heavy atom. The molecule has 0 atom stereocenters. The molecule has 0 fully saturated rings. The predicted octanol–water partition coefficient (Wildman–Crippen LogP) is 3.64. The molecule has 0 amide bonds. The van der Waals surface area contributed by atoms with Gasteiger partial charge in [-0.25, -0.2) is 0 Å². The quantitative estimate of drug-likeness (QED) is 0.453. The van der Waals surface area contributed by atoms with Crippen molar-refractivity contribution in [2.45, 2.75) is 13.8 Å². The molecule has 0 saturated heterocycles. The molecule has 3 aromatic rings. The maximum absolute atomic E-state index is 10.5. The van der Waals surface area contributed by atoms with Crippen LogP contribution < -0.4 is 14.9 Å². The van der Waals surface area contributed by atoms with Crippen LogP contribution in [0.5, 0.6) is 11.5 Å². The van der Waals surface area contributed by atoms with Crippen molar-refractivity contribution >= 4 is 17.5 Å². The molecule has 0 bridgehead atoms. The zero-order valence-corrected chi connectivity index (χ0v) is 13.4. The third-order valence-corrected chi connectivity index (χ3v) is 2.80. The second-order valence-electron chi connectivity index (χ2n) is 4.33. The molecule has 3 rings (SSSR count). The van der Waals surface area contributed by atoms with Crippen LogP contribution in [0.25, 0.3) is 10.8 Å². The fourth-order valence-electron chi connectivity index (χ4n) is 1.83. The highest BCUT2D eigenvalue weighted by Crippen LogP contribution is 2.25. The van der Waals surface area contributed by atoms with Gasteiger partial charge in [-0.3, -0.25) is 4.79 Å². The van der Waals surface area contributed by atoms with Crippen molar-refractivity contribution in [2.24, 2.45) is 5.16 Å². The Morgan fingerprint density at radius 1 is 0.913 bits per heavy atom. The summed E-state index contributed by atoms with van der Waals surface area (Å²) in [5, 5.41) is 11.1. The van der Waals surface area contributed by atoms with E-state index in [1.807, 2.05) is 62.4 Å². The smallest absolute Gasteiger partial charge is 0.194 e. The molecule has 0 aliphatic heterocycles. The van der Waals surface area contributed by atoms with Gasteiger partial charge in [0.25, 0.3) is 0 Å². The van der Waals surface area contributed by atoms with E-state index >= 15 is 0 Å². The molecule has 0 saturated carbocycles. The minimum Gasteiger partial charge on any atom is -0.490 e. The van der Waals surface area contributed by atoms with Crippen LogP contribution in [0.3, 0.4) is 0 Å². The fraction of sp³-hybridized carbons (Fsp3) is 0.222. The van der Waals surface area contributed by atoms with Crippen molar-refractivity contribution in [2.75, 3.05) is 13.2 Å². The number of rotatable bonds is 4. The molecule has 5 heteroatoms. The van der Waals surface area contributed by atoms with E-state index in [1.54, 1.807) is 0 Å². The van der Waals surface area contributed by atoms with Crippen LogP contribution >= 0.6 is 0 Å². The van der Waals surface area contributed by atoms with E-state index < -0.39 is 0 Å². The van der Waals surface area contributed by atoms with Crippen molar-refractivity contribution in [1.29, 1.82) is 0 Å². The standard InChI is InChI=1S/C10H14O2.C7H4O.CH3NO/c1-3-11-9-7-5-6-8-10(9)12-4-2;8-7-5-3-1-2-4-6(5)7;1-2-3/h5-8H,3-4H2,1-2H3;1-4H;3H,1H2. The Kier molecular flexibility index (Phi) is 7.92. The number of oxime groups is 1. The summed E-state index contributed by atoms with van der Waals surface area (Å²) < 4.78 is 10.7. The maximum atomic E-state index is 10.5. The Balaban J connectivity index is 0.000000206. The third kappa shape index (κ3) is 5.82. The van der Waals surface area contributed by atoms with E-state index in [0.29, 0.717) is 13.2 Å². The van der Waals surface area contributed by atoms with Crippen molar-refractivity contribution < 1.29 is 14.7 Å². The maximum Gasteiger partial charge on any atom is 0.194 e. The number of ether oxygens (including phenoxy) is 2.